The number of anilines is 1. The van der Waals surface area contributed by atoms with Crippen LogP contribution in [0.15, 0.2) is 53.4 Å². The number of hydrogen-bond acceptors (Lipinski definition) is 4. The molecule has 0 saturated heterocycles. The SMILES string of the molecule is C[C@H](C(=O)Nc1cccc(S(=O)(=O)N(C)C)c1)N(C)Cc1cccc(F)c1. The van der Waals surface area contributed by atoms with Gasteiger partial charge >= 0.3 is 0 Å². The Kier molecular flexibility index (Phi) is 6.69. The molecule has 0 fully saturated rings. The van der Waals surface area contributed by atoms with Gasteiger partial charge in [-0.1, -0.05) is 18.2 Å². The molecule has 1 amide bonds. The molecule has 0 unspecified atom stereocenters. The number of rotatable bonds is 7. The molecule has 8 heteroatoms. The maximum absolute atomic E-state index is 13.3. The molecule has 2 aromatic rings. The second-order valence-electron chi connectivity index (χ2n) is 6.53. The molecule has 0 aliphatic heterocycles. The molecule has 0 aromatic heterocycles. The maximum atomic E-state index is 13.3. The summed E-state index contributed by atoms with van der Waals surface area (Å²) < 4.78 is 38.9. The van der Waals surface area contributed by atoms with Crippen LogP contribution in [-0.4, -0.2) is 50.7 Å². The minimum Gasteiger partial charge on any atom is -0.325 e. The van der Waals surface area contributed by atoms with Crippen molar-refractivity contribution in [3.8, 4) is 0 Å². The van der Waals surface area contributed by atoms with E-state index in [-0.39, 0.29) is 16.6 Å². The van der Waals surface area contributed by atoms with E-state index in [9.17, 15) is 17.6 Å². The van der Waals surface area contributed by atoms with Crippen LogP contribution in [0.3, 0.4) is 0 Å². The number of nitrogens with one attached hydrogen (secondary N) is 1. The zero-order valence-electron chi connectivity index (χ0n) is 15.8. The predicted molar refractivity (Wildman–Crippen MR) is 103 cm³/mol. The fourth-order valence-corrected chi connectivity index (χ4v) is 3.40. The Morgan fingerprint density at radius 1 is 1.11 bits per heavy atom. The number of halogens is 1. The lowest BCUT2D eigenvalue weighted by atomic mass is 10.2. The molecule has 27 heavy (non-hydrogen) atoms. The lowest BCUT2D eigenvalue weighted by Gasteiger charge is -2.24. The summed E-state index contributed by atoms with van der Waals surface area (Å²) in [6.45, 7) is 2.14. The quantitative estimate of drug-likeness (QED) is 0.785. The highest BCUT2D eigenvalue weighted by Gasteiger charge is 2.21. The normalized spacial score (nSPS) is 13.0. The van der Waals surface area contributed by atoms with Crippen LogP contribution in [0, 0.1) is 5.82 Å². The number of sulfonamides is 1. The van der Waals surface area contributed by atoms with Crippen molar-refractivity contribution in [2.24, 2.45) is 0 Å². The Morgan fingerprint density at radius 3 is 2.41 bits per heavy atom. The van der Waals surface area contributed by atoms with Gasteiger partial charge in [0, 0.05) is 26.3 Å². The van der Waals surface area contributed by atoms with Gasteiger partial charge in [-0.3, -0.25) is 9.69 Å². The Balaban J connectivity index is 2.08. The van der Waals surface area contributed by atoms with Crippen LogP contribution in [0.4, 0.5) is 10.1 Å². The third-order valence-corrected chi connectivity index (χ3v) is 6.05. The van der Waals surface area contributed by atoms with Gasteiger partial charge in [0.05, 0.1) is 10.9 Å². The van der Waals surface area contributed by atoms with Crippen molar-refractivity contribution in [2.45, 2.75) is 24.4 Å². The number of carbonyl (C=O) groups excluding carboxylic acids is 1. The Hall–Kier alpha value is -2.29. The molecule has 0 saturated carbocycles. The third-order valence-electron chi connectivity index (χ3n) is 4.24. The second kappa shape index (κ2) is 8.60. The van der Waals surface area contributed by atoms with Gasteiger partial charge in [0.15, 0.2) is 0 Å². The molecular weight excluding hydrogens is 369 g/mol. The van der Waals surface area contributed by atoms with Crippen LogP contribution in [0.1, 0.15) is 12.5 Å². The largest absolute Gasteiger partial charge is 0.325 e. The molecule has 1 N–H and O–H groups in total. The minimum atomic E-state index is -3.58. The summed E-state index contributed by atoms with van der Waals surface area (Å²) in [7, 11) is 1.08. The molecule has 2 rings (SSSR count). The number of benzene rings is 2. The lowest BCUT2D eigenvalue weighted by molar-refractivity contribution is -0.120. The maximum Gasteiger partial charge on any atom is 0.242 e. The highest BCUT2D eigenvalue weighted by molar-refractivity contribution is 7.89. The van der Waals surface area contributed by atoms with Gasteiger partial charge in [-0.05, 0) is 49.9 Å². The van der Waals surface area contributed by atoms with Gasteiger partial charge in [-0.15, -0.1) is 0 Å². The molecule has 1 atom stereocenters. The number of nitrogens with zero attached hydrogens (tertiary/aromatic N) is 2. The topological polar surface area (TPSA) is 69.7 Å². The van der Waals surface area contributed by atoms with Crippen LogP contribution in [0.5, 0.6) is 0 Å². The van der Waals surface area contributed by atoms with Crippen LogP contribution < -0.4 is 5.32 Å². The highest BCUT2D eigenvalue weighted by Crippen LogP contribution is 2.18. The van der Waals surface area contributed by atoms with E-state index in [1.54, 1.807) is 43.1 Å². The Bertz CT molecular complexity index is 916. The molecule has 0 aliphatic rings. The van der Waals surface area contributed by atoms with Crippen molar-refractivity contribution >= 4 is 21.6 Å². The predicted octanol–water partition coefficient (Wildman–Crippen LogP) is 2.54. The van der Waals surface area contributed by atoms with Gasteiger partial charge in [0.2, 0.25) is 15.9 Å². The number of likely N-dealkylation sites (N-methyl/N-ethyl adjacent to an activating group) is 1. The van der Waals surface area contributed by atoms with Gasteiger partial charge in [0.1, 0.15) is 5.82 Å². The molecular formula is C19H24FN3O3S. The molecule has 0 bridgehead atoms. The van der Waals surface area contributed by atoms with Crippen molar-refractivity contribution in [2.75, 3.05) is 26.5 Å². The van der Waals surface area contributed by atoms with E-state index in [2.05, 4.69) is 5.32 Å². The van der Waals surface area contributed by atoms with E-state index in [4.69, 9.17) is 0 Å². The molecule has 0 heterocycles. The van der Waals surface area contributed by atoms with Crippen molar-refractivity contribution in [3.05, 3.63) is 59.9 Å². The van der Waals surface area contributed by atoms with Gasteiger partial charge in [-0.2, -0.15) is 0 Å². The summed E-state index contributed by atoms with van der Waals surface area (Å²) in [6, 6.07) is 11.8. The third kappa shape index (κ3) is 5.35. The zero-order chi connectivity index (χ0) is 20.2. The molecule has 0 spiro atoms. The highest BCUT2D eigenvalue weighted by atomic mass is 32.2. The number of carbonyl (C=O) groups is 1. The van der Waals surface area contributed by atoms with E-state index >= 15 is 0 Å². The van der Waals surface area contributed by atoms with E-state index < -0.39 is 16.1 Å². The second-order valence-corrected chi connectivity index (χ2v) is 8.68. The molecule has 0 radical (unpaired) electrons. The average molecular weight is 393 g/mol. The molecule has 0 aliphatic carbocycles. The van der Waals surface area contributed by atoms with Gasteiger partial charge in [0.25, 0.3) is 0 Å². The molecule has 6 nitrogen and oxygen atoms in total. The summed E-state index contributed by atoms with van der Waals surface area (Å²) in [6.07, 6.45) is 0. The fourth-order valence-electron chi connectivity index (χ4n) is 2.45. The van der Waals surface area contributed by atoms with E-state index in [0.717, 1.165) is 9.87 Å². The first-order chi connectivity index (χ1) is 12.6. The van der Waals surface area contributed by atoms with Crippen molar-refractivity contribution in [3.63, 3.8) is 0 Å². The van der Waals surface area contributed by atoms with Gasteiger partial charge < -0.3 is 5.32 Å². The standard InChI is InChI=1S/C19H24FN3O3S/c1-14(23(4)13-15-7-5-8-16(20)11-15)19(24)21-17-9-6-10-18(12-17)27(25,26)22(2)3/h5-12,14H,13H2,1-4H3,(H,21,24)/t14-/m1/s1. The van der Waals surface area contributed by atoms with E-state index in [1.807, 2.05) is 0 Å². The van der Waals surface area contributed by atoms with Crippen molar-refractivity contribution < 1.29 is 17.6 Å². The van der Waals surface area contributed by atoms with Crippen molar-refractivity contribution in [1.29, 1.82) is 0 Å². The number of hydrogen-bond donors (Lipinski definition) is 1. The monoisotopic (exact) mass is 393 g/mol. The molecule has 2 aromatic carbocycles. The Labute approximate surface area is 159 Å². The summed E-state index contributed by atoms with van der Waals surface area (Å²) in [4.78, 5) is 14.4. The summed E-state index contributed by atoms with van der Waals surface area (Å²) in [5, 5.41) is 2.73. The van der Waals surface area contributed by atoms with Gasteiger partial charge in [-0.25, -0.2) is 17.1 Å². The van der Waals surface area contributed by atoms with E-state index in [1.165, 1.54) is 38.4 Å². The van der Waals surface area contributed by atoms with Crippen molar-refractivity contribution in [1.82, 2.24) is 9.21 Å². The summed E-state index contributed by atoms with van der Waals surface area (Å²) in [5.41, 5.74) is 1.16. The van der Waals surface area contributed by atoms with Crippen LogP contribution in [0.25, 0.3) is 0 Å². The number of amides is 1. The minimum absolute atomic E-state index is 0.103. The van der Waals surface area contributed by atoms with Crippen LogP contribution >= 0.6 is 0 Å². The van der Waals surface area contributed by atoms with Crippen LogP contribution in [-0.2, 0) is 21.4 Å². The lowest BCUT2D eigenvalue weighted by Crippen LogP contribution is -2.39. The fraction of sp³-hybridized carbons (Fsp3) is 0.316. The smallest absolute Gasteiger partial charge is 0.242 e. The summed E-state index contributed by atoms with van der Waals surface area (Å²) >= 11 is 0. The molecule has 146 valence electrons. The first-order valence-electron chi connectivity index (χ1n) is 8.39. The first-order valence-corrected chi connectivity index (χ1v) is 9.83. The first kappa shape index (κ1) is 21.0. The Morgan fingerprint density at radius 2 is 1.78 bits per heavy atom. The van der Waals surface area contributed by atoms with Crippen LogP contribution in [0.2, 0.25) is 0 Å². The summed E-state index contributed by atoms with van der Waals surface area (Å²) in [5.74, 6) is -0.606. The average Bonchev–Trinajstić information content (AvgIpc) is 2.61. The van der Waals surface area contributed by atoms with E-state index in [0.29, 0.717) is 12.2 Å². The zero-order valence-corrected chi connectivity index (χ0v) is 16.6.